The molecule has 0 N–H and O–H groups in total. The Kier molecular flexibility index (Phi) is 4.34. The smallest absolute Gasteiger partial charge is 0.263 e. The molecule has 0 bridgehead atoms. The van der Waals surface area contributed by atoms with Crippen molar-refractivity contribution in [2.45, 2.75) is 32.4 Å². The zero-order chi connectivity index (χ0) is 19.1. The molecule has 0 saturated carbocycles. The number of benzene rings is 1. The highest BCUT2D eigenvalue weighted by Crippen LogP contribution is 2.33. The van der Waals surface area contributed by atoms with Gasteiger partial charge in [0, 0.05) is 18.0 Å². The van der Waals surface area contributed by atoms with Crippen LogP contribution in [0, 0.1) is 0 Å². The summed E-state index contributed by atoms with van der Waals surface area (Å²) in [6, 6.07) is 12.1. The number of aromatic nitrogens is 4. The summed E-state index contributed by atoms with van der Waals surface area (Å²) in [5, 5.41) is 4.01. The number of aryl methyl sites for hydroxylation is 1. The Hall–Kier alpha value is -2.70. The first-order valence-corrected chi connectivity index (χ1v) is 8.12. The Balaban J connectivity index is 2.19. The van der Waals surface area contributed by atoms with E-state index in [1.54, 1.807) is 6.07 Å². The third-order valence-electron chi connectivity index (χ3n) is 3.96. The predicted octanol–water partition coefficient (Wildman–Crippen LogP) is 4.86. The SMILES string of the molecule is Cn1nc(-c2cc(C(C)(C)C)nc(-c3ccccc3)n2)cc1C(F)(F)F. The number of nitrogens with zero attached hydrogens (tertiary/aromatic N) is 4. The van der Waals surface area contributed by atoms with Crippen molar-refractivity contribution in [2.75, 3.05) is 0 Å². The molecule has 3 aromatic rings. The number of halogens is 3. The van der Waals surface area contributed by atoms with E-state index in [4.69, 9.17) is 0 Å². The van der Waals surface area contributed by atoms with Gasteiger partial charge < -0.3 is 0 Å². The molecule has 0 fully saturated rings. The molecule has 0 aliphatic rings. The number of rotatable bonds is 2. The molecule has 0 spiro atoms. The van der Waals surface area contributed by atoms with Crippen molar-refractivity contribution < 1.29 is 13.2 Å². The van der Waals surface area contributed by atoms with E-state index in [0.717, 1.165) is 22.0 Å². The molecule has 0 unspecified atom stereocenters. The highest BCUT2D eigenvalue weighted by atomic mass is 19.4. The third kappa shape index (κ3) is 3.61. The lowest BCUT2D eigenvalue weighted by atomic mass is 9.91. The van der Waals surface area contributed by atoms with Gasteiger partial charge in [-0.25, -0.2) is 9.97 Å². The number of alkyl halides is 3. The average Bonchev–Trinajstić information content (AvgIpc) is 2.97. The van der Waals surface area contributed by atoms with Crippen LogP contribution in [0.15, 0.2) is 42.5 Å². The summed E-state index contributed by atoms with van der Waals surface area (Å²) < 4.78 is 40.1. The zero-order valence-corrected chi connectivity index (χ0v) is 15.0. The molecule has 3 rings (SSSR count). The summed E-state index contributed by atoms with van der Waals surface area (Å²) in [4.78, 5) is 9.08. The molecule has 136 valence electrons. The lowest BCUT2D eigenvalue weighted by molar-refractivity contribution is -0.143. The Morgan fingerprint density at radius 2 is 1.54 bits per heavy atom. The van der Waals surface area contributed by atoms with Crippen LogP contribution in [-0.4, -0.2) is 19.7 Å². The van der Waals surface area contributed by atoms with E-state index in [1.807, 2.05) is 51.1 Å². The van der Waals surface area contributed by atoms with Gasteiger partial charge in [-0.1, -0.05) is 51.1 Å². The summed E-state index contributed by atoms with van der Waals surface area (Å²) in [5.74, 6) is 0.465. The van der Waals surface area contributed by atoms with E-state index < -0.39 is 11.9 Å². The predicted molar refractivity (Wildman–Crippen MR) is 93.4 cm³/mol. The highest BCUT2D eigenvalue weighted by Gasteiger charge is 2.35. The van der Waals surface area contributed by atoms with Gasteiger partial charge in [0.25, 0.3) is 0 Å². The van der Waals surface area contributed by atoms with Crippen LogP contribution in [0.3, 0.4) is 0 Å². The van der Waals surface area contributed by atoms with Crippen LogP contribution in [0.2, 0.25) is 0 Å². The fraction of sp³-hybridized carbons (Fsp3) is 0.316. The summed E-state index contributed by atoms with van der Waals surface area (Å²) >= 11 is 0. The molecule has 0 aliphatic carbocycles. The Morgan fingerprint density at radius 3 is 2.08 bits per heavy atom. The van der Waals surface area contributed by atoms with Gasteiger partial charge in [0.15, 0.2) is 5.82 Å². The van der Waals surface area contributed by atoms with Gasteiger partial charge in [-0.3, -0.25) is 4.68 Å². The van der Waals surface area contributed by atoms with Gasteiger partial charge in [0.05, 0.1) is 11.4 Å². The maximum Gasteiger partial charge on any atom is 0.433 e. The normalized spacial score (nSPS) is 12.4. The molecule has 0 saturated heterocycles. The van der Waals surface area contributed by atoms with E-state index in [-0.39, 0.29) is 11.1 Å². The fourth-order valence-electron chi connectivity index (χ4n) is 2.54. The van der Waals surface area contributed by atoms with Crippen LogP contribution in [0.5, 0.6) is 0 Å². The minimum absolute atomic E-state index is 0.171. The topological polar surface area (TPSA) is 43.6 Å². The second kappa shape index (κ2) is 6.23. The summed E-state index contributed by atoms with van der Waals surface area (Å²) in [5.41, 5.74) is 0.972. The van der Waals surface area contributed by atoms with Crippen LogP contribution < -0.4 is 0 Å². The lowest BCUT2D eigenvalue weighted by Crippen LogP contribution is -2.15. The standard InChI is InChI=1S/C19H19F3N4/c1-18(2,3)15-10-13(14-11-16(19(20,21)22)26(4)25-14)23-17(24-15)12-8-6-5-7-9-12/h5-11H,1-4H3. The molecule has 2 aromatic heterocycles. The lowest BCUT2D eigenvalue weighted by Gasteiger charge is -2.19. The largest absolute Gasteiger partial charge is 0.433 e. The van der Waals surface area contributed by atoms with Gasteiger partial charge >= 0.3 is 6.18 Å². The Bertz CT molecular complexity index is 922. The van der Waals surface area contributed by atoms with Gasteiger partial charge in [0.2, 0.25) is 0 Å². The van der Waals surface area contributed by atoms with Crippen LogP contribution in [0.1, 0.15) is 32.2 Å². The molecule has 4 nitrogen and oxygen atoms in total. The average molecular weight is 360 g/mol. The molecule has 0 amide bonds. The van der Waals surface area contributed by atoms with Crippen LogP contribution in [0.4, 0.5) is 13.2 Å². The molecule has 0 atom stereocenters. The first-order chi connectivity index (χ1) is 12.1. The molecule has 7 heteroatoms. The molecule has 26 heavy (non-hydrogen) atoms. The van der Waals surface area contributed by atoms with E-state index >= 15 is 0 Å². The Morgan fingerprint density at radius 1 is 0.885 bits per heavy atom. The van der Waals surface area contributed by atoms with Crippen LogP contribution in [0.25, 0.3) is 22.8 Å². The third-order valence-corrected chi connectivity index (χ3v) is 3.96. The van der Waals surface area contributed by atoms with Crippen molar-refractivity contribution in [1.29, 1.82) is 0 Å². The number of hydrogen-bond acceptors (Lipinski definition) is 3. The second-order valence-electron chi connectivity index (χ2n) is 7.11. The van der Waals surface area contributed by atoms with E-state index in [2.05, 4.69) is 15.1 Å². The minimum Gasteiger partial charge on any atom is -0.263 e. The first-order valence-electron chi connectivity index (χ1n) is 8.12. The molecule has 1 aromatic carbocycles. The highest BCUT2D eigenvalue weighted by molar-refractivity contribution is 5.62. The molecular weight excluding hydrogens is 341 g/mol. The first kappa shape index (κ1) is 18.1. The summed E-state index contributed by atoms with van der Waals surface area (Å²) in [6.45, 7) is 5.98. The van der Waals surface area contributed by atoms with Gasteiger partial charge in [0.1, 0.15) is 11.4 Å². The molecule has 0 aliphatic heterocycles. The summed E-state index contributed by atoms with van der Waals surface area (Å²) in [6.07, 6.45) is -4.47. The maximum absolute atomic E-state index is 13.1. The van der Waals surface area contributed by atoms with Crippen molar-refractivity contribution in [3.8, 4) is 22.8 Å². The van der Waals surface area contributed by atoms with E-state index in [9.17, 15) is 13.2 Å². The fourth-order valence-corrected chi connectivity index (χ4v) is 2.54. The molecule has 2 heterocycles. The van der Waals surface area contributed by atoms with Gasteiger partial charge in [-0.2, -0.15) is 18.3 Å². The zero-order valence-electron chi connectivity index (χ0n) is 15.0. The number of hydrogen-bond donors (Lipinski definition) is 0. The van der Waals surface area contributed by atoms with E-state index in [1.165, 1.54) is 7.05 Å². The second-order valence-corrected chi connectivity index (χ2v) is 7.11. The van der Waals surface area contributed by atoms with Crippen molar-refractivity contribution in [3.05, 3.63) is 53.9 Å². The van der Waals surface area contributed by atoms with E-state index in [0.29, 0.717) is 11.5 Å². The Labute approximate surface area is 149 Å². The molecule has 0 radical (unpaired) electrons. The van der Waals surface area contributed by atoms with Gasteiger partial charge in [-0.15, -0.1) is 0 Å². The van der Waals surface area contributed by atoms with Crippen molar-refractivity contribution >= 4 is 0 Å². The van der Waals surface area contributed by atoms with Crippen molar-refractivity contribution in [2.24, 2.45) is 7.05 Å². The van der Waals surface area contributed by atoms with Crippen molar-refractivity contribution in [1.82, 2.24) is 19.7 Å². The molecular formula is C19H19F3N4. The maximum atomic E-state index is 13.1. The van der Waals surface area contributed by atoms with Gasteiger partial charge in [-0.05, 0) is 12.1 Å². The minimum atomic E-state index is -4.47. The monoisotopic (exact) mass is 360 g/mol. The quantitative estimate of drug-likeness (QED) is 0.655. The van der Waals surface area contributed by atoms with Crippen LogP contribution in [-0.2, 0) is 18.6 Å². The van der Waals surface area contributed by atoms with Crippen molar-refractivity contribution in [3.63, 3.8) is 0 Å². The summed E-state index contributed by atoms with van der Waals surface area (Å²) in [7, 11) is 1.27. The van der Waals surface area contributed by atoms with Crippen LogP contribution >= 0.6 is 0 Å².